The van der Waals surface area contributed by atoms with Crippen LogP contribution in [0.4, 0.5) is 4.39 Å². The van der Waals surface area contributed by atoms with Crippen LogP contribution in [-0.2, 0) is 6.54 Å². The molecule has 0 fully saturated rings. The zero-order valence-corrected chi connectivity index (χ0v) is 11.0. The number of halogens is 1. The minimum Gasteiger partial charge on any atom is -0.492 e. The largest absolute Gasteiger partial charge is 0.492 e. The fourth-order valence-electron chi connectivity index (χ4n) is 1.83. The Hall–Kier alpha value is -1.87. The number of aryl methyl sites for hydroxylation is 1. The van der Waals surface area contributed by atoms with E-state index in [1.54, 1.807) is 12.1 Å². The molecule has 0 aliphatic rings. The van der Waals surface area contributed by atoms with Gasteiger partial charge in [0.1, 0.15) is 18.2 Å². The Bertz CT molecular complexity index is 528. The second kappa shape index (κ2) is 6.90. The number of nitrogens with one attached hydrogen (secondary N) is 1. The summed E-state index contributed by atoms with van der Waals surface area (Å²) in [6, 6.07) is 14.5. The molecule has 2 rings (SSSR count). The molecule has 0 amide bonds. The Kier molecular flexibility index (Phi) is 4.93. The van der Waals surface area contributed by atoms with Crippen molar-refractivity contribution in [2.45, 2.75) is 13.5 Å². The summed E-state index contributed by atoms with van der Waals surface area (Å²) in [5.74, 6) is 0.295. The Morgan fingerprint density at radius 2 is 1.95 bits per heavy atom. The maximum Gasteiger partial charge on any atom is 0.126 e. The molecule has 0 radical (unpaired) electrons. The Morgan fingerprint density at radius 3 is 2.74 bits per heavy atom. The molecule has 100 valence electrons. The highest BCUT2D eigenvalue weighted by atomic mass is 19.1. The van der Waals surface area contributed by atoms with E-state index in [-0.39, 0.29) is 5.82 Å². The SMILES string of the molecule is Cc1ccccc1CNCCOc1cccc(F)c1. The van der Waals surface area contributed by atoms with E-state index in [2.05, 4.69) is 24.4 Å². The molecule has 0 aliphatic carbocycles. The van der Waals surface area contributed by atoms with Crippen LogP contribution in [-0.4, -0.2) is 13.2 Å². The molecule has 0 saturated heterocycles. The predicted octanol–water partition coefficient (Wildman–Crippen LogP) is 3.30. The first kappa shape index (κ1) is 13.6. The molecule has 0 unspecified atom stereocenters. The van der Waals surface area contributed by atoms with Gasteiger partial charge in [-0.3, -0.25) is 0 Å². The van der Waals surface area contributed by atoms with Crippen molar-refractivity contribution < 1.29 is 9.13 Å². The molecule has 0 heterocycles. The monoisotopic (exact) mass is 259 g/mol. The second-order valence-corrected chi connectivity index (χ2v) is 4.41. The van der Waals surface area contributed by atoms with Gasteiger partial charge in [0.25, 0.3) is 0 Å². The van der Waals surface area contributed by atoms with E-state index >= 15 is 0 Å². The van der Waals surface area contributed by atoms with Crippen molar-refractivity contribution in [1.82, 2.24) is 5.32 Å². The molecule has 3 heteroatoms. The van der Waals surface area contributed by atoms with Crippen LogP contribution in [0.1, 0.15) is 11.1 Å². The summed E-state index contributed by atoms with van der Waals surface area (Å²) in [6.45, 7) is 4.17. The number of hydrogen-bond acceptors (Lipinski definition) is 2. The maximum absolute atomic E-state index is 12.9. The van der Waals surface area contributed by atoms with E-state index in [0.29, 0.717) is 12.4 Å². The summed E-state index contributed by atoms with van der Waals surface area (Å²) in [6.07, 6.45) is 0. The van der Waals surface area contributed by atoms with Gasteiger partial charge in [0.15, 0.2) is 0 Å². The van der Waals surface area contributed by atoms with Gasteiger partial charge in [0, 0.05) is 19.2 Å². The van der Waals surface area contributed by atoms with Crippen molar-refractivity contribution in [3.63, 3.8) is 0 Å². The average Bonchev–Trinajstić information content (AvgIpc) is 2.40. The lowest BCUT2D eigenvalue weighted by atomic mass is 10.1. The van der Waals surface area contributed by atoms with Gasteiger partial charge in [0.2, 0.25) is 0 Å². The average molecular weight is 259 g/mol. The van der Waals surface area contributed by atoms with Gasteiger partial charge in [-0.1, -0.05) is 30.3 Å². The van der Waals surface area contributed by atoms with Crippen LogP contribution < -0.4 is 10.1 Å². The van der Waals surface area contributed by atoms with Crippen molar-refractivity contribution in [3.8, 4) is 5.75 Å². The van der Waals surface area contributed by atoms with E-state index in [9.17, 15) is 4.39 Å². The molecule has 0 spiro atoms. The standard InChI is InChI=1S/C16H18FNO/c1-13-5-2-3-6-14(13)12-18-9-10-19-16-8-4-7-15(17)11-16/h2-8,11,18H,9-10,12H2,1H3. The molecular weight excluding hydrogens is 241 g/mol. The molecule has 0 aliphatic heterocycles. The van der Waals surface area contributed by atoms with E-state index in [1.165, 1.54) is 23.3 Å². The minimum atomic E-state index is -0.273. The summed E-state index contributed by atoms with van der Waals surface area (Å²) >= 11 is 0. The molecule has 0 atom stereocenters. The highest BCUT2D eigenvalue weighted by Gasteiger charge is 1.97. The van der Waals surface area contributed by atoms with E-state index in [4.69, 9.17) is 4.74 Å². The van der Waals surface area contributed by atoms with Crippen LogP contribution in [0.3, 0.4) is 0 Å². The summed E-state index contributed by atoms with van der Waals surface area (Å²) in [5, 5.41) is 3.31. The van der Waals surface area contributed by atoms with Crippen LogP contribution >= 0.6 is 0 Å². The van der Waals surface area contributed by atoms with Crippen molar-refractivity contribution in [1.29, 1.82) is 0 Å². The molecule has 0 saturated carbocycles. The quantitative estimate of drug-likeness (QED) is 0.804. The molecule has 0 bridgehead atoms. The van der Waals surface area contributed by atoms with E-state index in [0.717, 1.165) is 13.1 Å². The molecule has 19 heavy (non-hydrogen) atoms. The molecular formula is C16H18FNO. The van der Waals surface area contributed by atoms with Gasteiger partial charge < -0.3 is 10.1 Å². The highest BCUT2D eigenvalue weighted by Crippen LogP contribution is 2.11. The zero-order valence-electron chi connectivity index (χ0n) is 11.0. The lowest BCUT2D eigenvalue weighted by Gasteiger charge is -2.09. The van der Waals surface area contributed by atoms with Gasteiger partial charge in [0.05, 0.1) is 0 Å². The van der Waals surface area contributed by atoms with Crippen LogP contribution in [0.2, 0.25) is 0 Å². The number of benzene rings is 2. The van der Waals surface area contributed by atoms with Gasteiger partial charge >= 0.3 is 0 Å². The topological polar surface area (TPSA) is 21.3 Å². The smallest absolute Gasteiger partial charge is 0.126 e. The molecule has 2 aromatic rings. The van der Waals surface area contributed by atoms with Gasteiger partial charge in [-0.05, 0) is 30.2 Å². The summed E-state index contributed by atoms with van der Waals surface area (Å²) in [4.78, 5) is 0. The third-order valence-electron chi connectivity index (χ3n) is 2.92. The lowest BCUT2D eigenvalue weighted by Crippen LogP contribution is -2.21. The fourth-order valence-corrected chi connectivity index (χ4v) is 1.83. The van der Waals surface area contributed by atoms with Crippen LogP contribution in [0.5, 0.6) is 5.75 Å². The van der Waals surface area contributed by atoms with Crippen molar-refractivity contribution in [2.24, 2.45) is 0 Å². The van der Waals surface area contributed by atoms with Crippen molar-refractivity contribution >= 4 is 0 Å². The minimum absolute atomic E-state index is 0.273. The molecule has 1 N–H and O–H groups in total. The zero-order chi connectivity index (χ0) is 13.5. The first-order valence-electron chi connectivity index (χ1n) is 6.39. The normalized spacial score (nSPS) is 10.4. The number of hydrogen-bond donors (Lipinski definition) is 1. The summed E-state index contributed by atoms with van der Waals surface area (Å²) in [7, 11) is 0. The van der Waals surface area contributed by atoms with E-state index < -0.39 is 0 Å². The van der Waals surface area contributed by atoms with Gasteiger partial charge in [-0.15, -0.1) is 0 Å². The van der Waals surface area contributed by atoms with Gasteiger partial charge in [-0.25, -0.2) is 4.39 Å². The van der Waals surface area contributed by atoms with Crippen molar-refractivity contribution in [2.75, 3.05) is 13.2 Å². The number of rotatable bonds is 6. The van der Waals surface area contributed by atoms with Crippen LogP contribution in [0.15, 0.2) is 48.5 Å². The summed E-state index contributed by atoms with van der Waals surface area (Å²) in [5.41, 5.74) is 2.56. The third-order valence-corrected chi connectivity index (χ3v) is 2.92. The lowest BCUT2D eigenvalue weighted by molar-refractivity contribution is 0.312. The first-order chi connectivity index (χ1) is 9.25. The van der Waals surface area contributed by atoms with Crippen LogP contribution in [0.25, 0.3) is 0 Å². The molecule has 2 nitrogen and oxygen atoms in total. The number of ether oxygens (including phenoxy) is 1. The fraction of sp³-hybridized carbons (Fsp3) is 0.250. The Labute approximate surface area is 113 Å². The van der Waals surface area contributed by atoms with E-state index in [1.807, 2.05) is 12.1 Å². The Balaban J connectivity index is 1.69. The predicted molar refractivity (Wildman–Crippen MR) is 74.8 cm³/mol. The third kappa shape index (κ3) is 4.38. The van der Waals surface area contributed by atoms with Crippen LogP contribution in [0, 0.1) is 12.7 Å². The molecule has 2 aromatic carbocycles. The summed E-state index contributed by atoms with van der Waals surface area (Å²) < 4.78 is 18.4. The highest BCUT2D eigenvalue weighted by molar-refractivity contribution is 5.25. The first-order valence-corrected chi connectivity index (χ1v) is 6.39. The van der Waals surface area contributed by atoms with Crippen molar-refractivity contribution in [3.05, 3.63) is 65.5 Å². The Morgan fingerprint density at radius 1 is 1.11 bits per heavy atom. The molecule has 0 aromatic heterocycles. The second-order valence-electron chi connectivity index (χ2n) is 4.41. The van der Waals surface area contributed by atoms with Gasteiger partial charge in [-0.2, -0.15) is 0 Å². The maximum atomic E-state index is 12.9.